The number of nitrogens with zero attached hydrogens (tertiary/aromatic N) is 2. The minimum Gasteiger partial charge on any atom is -0.325 e. The van der Waals surface area contributed by atoms with Crippen LogP contribution in [0.15, 0.2) is 35.4 Å². The summed E-state index contributed by atoms with van der Waals surface area (Å²) in [5.41, 5.74) is 5.92. The average Bonchev–Trinajstić information content (AvgIpc) is 2.70. The van der Waals surface area contributed by atoms with Crippen molar-refractivity contribution in [3.63, 3.8) is 0 Å². The predicted octanol–water partition coefficient (Wildman–Crippen LogP) is -0.281. The lowest BCUT2D eigenvalue weighted by Crippen LogP contribution is -2.19. The van der Waals surface area contributed by atoms with Gasteiger partial charge >= 0.3 is 0 Å². The molecule has 0 amide bonds. The summed E-state index contributed by atoms with van der Waals surface area (Å²) in [7, 11) is 0. The van der Waals surface area contributed by atoms with E-state index in [2.05, 4.69) is 10.1 Å². The fourth-order valence-corrected chi connectivity index (χ4v) is 1.38. The summed E-state index contributed by atoms with van der Waals surface area (Å²) in [4.78, 5) is 26.9. The largest absolute Gasteiger partial charge is 0.325 e. The molecule has 0 fully saturated rings. The van der Waals surface area contributed by atoms with Gasteiger partial charge in [-0.25, -0.2) is 4.68 Å². The van der Waals surface area contributed by atoms with Crippen LogP contribution >= 0.6 is 0 Å². The van der Waals surface area contributed by atoms with Crippen LogP contribution in [0.2, 0.25) is 0 Å². The highest BCUT2D eigenvalue weighted by molar-refractivity contribution is 5.95. The van der Waals surface area contributed by atoms with E-state index in [1.165, 1.54) is 12.3 Å². The van der Waals surface area contributed by atoms with E-state index in [-0.39, 0.29) is 18.0 Å². The van der Waals surface area contributed by atoms with Gasteiger partial charge in [0, 0.05) is 25.0 Å². The molecule has 0 atom stereocenters. The van der Waals surface area contributed by atoms with Gasteiger partial charge in [0.15, 0.2) is 0 Å². The number of pyridine rings is 1. The van der Waals surface area contributed by atoms with Crippen LogP contribution in [0.4, 0.5) is 0 Å². The number of rotatable bonds is 2. The Hall–Kier alpha value is -2.21. The molecule has 0 saturated carbocycles. The molecule has 0 aliphatic heterocycles. The monoisotopic (exact) mass is 218 g/mol. The molecule has 0 spiro atoms. The Kier molecular flexibility index (Phi) is 2.65. The third-order valence-corrected chi connectivity index (χ3v) is 2.13. The molecule has 2 aromatic rings. The van der Waals surface area contributed by atoms with Crippen LogP contribution in [0.3, 0.4) is 0 Å². The van der Waals surface area contributed by atoms with Crippen molar-refractivity contribution in [1.29, 1.82) is 0 Å². The SMILES string of the molecule is NCc1cc(=O)[nH]n1C(=O)c1cccnc1. The van der Waals surface area contributed by atoms with Crippen molar-refractivity contribution in [3.05, 3.63) is 52.2 Å². The average molecular weight is 218 g/mol. The summed E-state index contributed by atoms with van der Waals surface area (Å²) in [5, 5.41) is 2.40. The number of aromatic amines is 1. The molecular weight excluding hydrogens is 208 g/mol. The van der Waals surface area contributed by atoms with Gasteiger partial charge in [-0.05, 0) is 12.1 Å². The second-order valence-corrected chi connectivity index (χ2v) is 3.20. The van der Waals surface area contributed by atoms with Gasteiger partial charge in [-0.2, -0.15) is 0 Å². The number of carbonyl (C=O) groups excluding carboxylic acids is 1. The van der Waals surface area contributed by atoms with Crippen molar-refractivity contribution in [2.45, 2.75) is 6.54 Å². The van der Waals surface area contributed by atoms with E-state index < -0.39 is 0 Å². The second-order valence-electron chi connectivity index (χ2n) is 3.20. The molecule has 0 aliphatic carbocycles. The highest BCUT2D eigenvalue weighted by Gasteiger charge is 2.12. The molecule has 2 aromatic heterocycles. The Bertz CT molecular complexity index is 556. The van der Waals surface area contributed by atoms with Gasteiger partial charge in [-0.1, -0.05) is 0 Å². The lowest BCUT2D eigenvalue weighted by atomic mass is 10.2. The van der Waals surface area contributed by atoms with Gasteiger partial charge in [-0.3, -0.25) is 19.7 Å². The zero-order chi connectivity index (χ0) is 11.5. The molecule has 0 saturated heterocycles. The van der Waals surface area contributed by atoms with E-state index in [1.54, 1.807) is 18.3 Å². The number of H-pyrrole nitrogens is 1. The lowest BCUT2D eigenvalue weighted by Gasteiger charge is -2.04. The summed E-state index contributed by atoms with van der Waals surface area (Å²) in [6, 6.07) is 4.57. The van der Waals surface area contributed by atoms with Crippen molar-refractivity contribution in [1.82, 2.24) is 14.8 Å². The van der Waals surface area contributed by atoms with Gasteiger partial charge in [0.05, 0.1) is 11.3 Å². The molecule has 0 aromatic carbocycles. The maximum absolute atomic E-state index is 11.9. The molecule has 3 N–H and O–H groups in total. The van der Waals surface area contributed by atoms with Crippen LogP contribution in [0.1, 0.15) is 16.1 Å². The Morgan fingerprint density at radius 2 is 2.38 bits per heavy atom. The van der Waals surface area contributed by atoms with Crippen molar-refractivity contribution >= 4 is 5.91 Å². The van der Waals surface area contributed by atoms with Crippen molar-refractivity contribution < 1.29 is 4.79 Å². The van der Waals surface area contributed by atoms with Crippen LogP contribution in [0.25, 0.3) is 0 Å². The number of nitrogens with one attached hydrogen (secondary N) is 1. The molecule has 6 nitrogen and oxygen atoms in total. The number of hydrogen-bond acceptors (Lipinski definition) is 4. The first-order chi connectivity index (χ1) is 7.72. The zero-order valence-electron chi connectivity index (χ0n) is 8.38. The summed E-state index contributed by atoms with van der Waals surface area (Å²) in [6.07, 6.45) is 3.00. The standard InChI is InChI=1S/C10H10N4O2/c11-5-8-4-9(15)13-14(8)10(16)7-2-1-3-12-6-7/h1-4,6H,5,11H2,(H,13,15). The van der Waals surface area contributed by atoms with Crippen LogP contribution in [-0.2, 0) is 6.54 Å². The maximum atomic E-state index is 11.9. The predicted molar refractivity (Wildman–Crippen MR) is 56.9 cm³/mol. The Balaban J connectivity index is 2.45. The highest BCUT2D eigenvalue weighted by Crippen LogP contribution is 2.02. The van der Waals surface area contributed by atoms with Gasteiger partial charge in [0.1, 0.15) is 0 Å². The molecular formula is C10H10N4O2. The van der Waals surface area contributed by atoms with Gasteiger partial charge < -0.3 is 5.73 Å². The second kappa shape index (κ2) is 4.11. The van der Waals surface area contributed by atoms with Crippen molar-refractivity contribution in [3.8, 4) is 0 Å². The van der Waals surface area contributed by atoms with E-state index in [0.717, 1.165) is 4.68 Å². The quantitative estimate of drug-likeness (QED) is 0.724. The van der Waals surface area contributed by atoms with Crippen molar-refractivity contribution in [2.75, 3.05) is 0 Å². The number of hydrogen-bond donors (Lipinski definition) is 2. The number of nitrogens with two attached hydrogens (primary N) is 1. The van der Waals surface area contributed by atoms with E-state index in [0.29, 0.717) is 11.3 Å². The van der Waals surface area contributed by atoms with Crippen molar-refractivity contribution in [2.24, 2.45) is 5.73 Å². The highest BCUT2D eigenvalue weighted by atomic mass is 16.2. The Morgan fingerprint density at radius 1 is 1.56 bits per heavy atom. The summed E-state index contributed by atoms with van der Waals surface area (Å²) >= 11 is 0. The minimum absolute atomic E-state index is 0.116. The van der Waals surface area contributed by atoms with E-state index in [9.17, 15) is 9.59 Å². The third kappa shape index (κ3) is 1.78. The van der Waals surface area contributed by atoms with E-state index >= 15 is 0 Å². The fourth-order valence-electron chi connectivity index (χ4n) is 1.38. The van der Waals surface area contributed by atoms with Gasteiger partial charge in [-0.15, -0.1) is 0 Å². The molecule has 0 aliphatic rings. The first kappa shape index (κ1) is 10.3. The van der Waals surface area contributed by atoms with Crippen LogP contribution in [0, 0.1) is 0 Å². The molecule has 2 heterocycles. The number of carbonyl (C=O) groups is 1. The topological polar surface area (TPSA) is 93.8 Å². The van der Waals surface area contributed by atoms with Crippen LogP contribution < -0.4 is 11.3 Å². The van der Waals surface area contributed by atoms with E-state index in [1.807, 2.05) is 0 Å². The Morgan fingerprint density at radius 3 is 3.00 bits per heavy atom. The van der Waals surface area contributed by atoms with Crippen LogP contribution in [0.5, 0.6) is 0 Å². The van der Waals surface area contributed by atoms with Gasteiger partial charge in [0.25, 0.3) is 11.5 Å². The summed E-state index contributed by atoms with van der Waals surface area (Å²) < 4.78 is 1.14. The molecule has 6 heteroatoms. The normalized spacial score (nSPS) is 10.3. The van der Waals surface area contributed by atoms with E-state index in [4.69, 9.17) is 5.73 Å². The number of aromatic nitrogens is 3. The fraction of sp³-hybridized carbons (Fsp3) is 0.100. The van der Waals surface area contributed by atoms with Gasteiger partial charge in [0.2, 0.25) is 0 Å². The molecule has 2 rings (SSSR count). The molecule has 0 unspecified atom stereocenters. The minimum atomic E-state index is -0.351. The summed E-state index contributed by atoms with van der Waals surface area (Å²) in [5.74, 6) is -0.351. The first-order valence-electron chi connectivity index (χ1n) is 4.68. The summed E-state index contributed by atoms with van der Waals surface area (Å²) in [6.45, 7) is 0.116. The molecule has 16 heavy (non-hydrogen) atoms. The molecule has 0 bridgehead atoms. The smallest absolute Gasteiger partial charge is 0.278 e. The lowest BCUT2D eigenvalue weighted by molar-refractivity contribution is 0.0940. The maximum Gasteiger partial charge on any atom is 0.278 e. The molecule has 82 valence electrons. The zero-order valence-corrected chi connectivity index (χ0v) is 8.38. The third-order valence-electron chi connectivity index (χ3n) is 2.13. The van der Waals surface area contributed by atoms with Crippen LogP contribution in [-0.4, -0.2) is 20.7 Å². The Labute approximate surface area is 90.7 Å². The molecule has 0 radical (unpaired) electrons. The first-order valence-corrected chi connectivity index (χ1v) is 4.68.